The van der Waals surface area contributed by atoms with Gasteiger partial charge < -0.3 is 0 Å². The van der Waals surface area contributed by atoms with Gasteiger partial charge in [0.15, 0.2) is 0 Å². The van der Waals surface area contributed by atoms with Crippen molar-refractivity contribution in [2.24, 2.45) is 0 Å². The van der Waals surface area contributed by atoms with Gasteiger partial charge in [-0.2, -0.15) is 0 Å². The highest BCUT2D eigenvalue weighted by Crippen LogP contribution is 2.24. The van der Waals surface area contributed by atoms with E-state index in [0.717, 1.165) is 5.56 Å². The van der Waals surface area contributed by atoms with Gasteiger partial charge in [-0.3, -0.25) is 10.2 Å². The highest BCUT2D eigenvalue weighted by atomic mass is 32.2. The molecule has 2 rings (SSSR count). The molecule has 0 saturated heterocycles. The molecular weight excluding hydrogens is 331 g/mol. The predicted molar refractivity (Wildman–Crippen MR) is 91.2 cm³/mol. The van der Waals surface area contributed by atoms with E-state index >= 15 is 0 Å². The van der Waals surface area contributed by atoms with E-state index in [9.17, 15) is 17.6 Å². The third-order valence-corrected chi connectivity index (χ3v) is 5.16. The Hall–Kier alpha value is -2.25. The van der Waals surface area contributed by atoms with Crippen molar-refractivity contribution in [3.05, 3.63) is 59.4 Å². The second-order valence-corrected chi connectivity index (χ2v) is 7.91. The quantitative estimate of drug-likeness (QED) is 0.814. The number of sulfonamides is 1. The summed E-state index contributed by atoms with van der Waals surface area (Å²) in [4.78, 5) is 14.2. The Morgan fingerprint density at radius 3 is 2.29 bits per heavy atom. The molecule has 5 nitrogen and oxygen atoms in total. The van der Waals surface area contributed by atoms with Crippen molar-refractivity contribution in [1.82, 2.24) is 10.3 Å². The number of carbonyl (C=O) groups is 1. The molecule has 0 aliphatic heterocycles. The average Bonchev–Trinajstić information content (AvgIpc) is 2.55. The van der Waals surface area contributed by atoms with Gasteiger partial charge in [0, 0.05) is 0 Å². The van der Waals surface area contributed by atoms with Gasteiger partial charge in [-0.05, 0) is 49.6 Å². The zero-order valence-corrected chi connectivity index (χ0v) is 14.4. The first-order valence-corrected chi connectivity index (χ1v) is 8.93. The first-order chi connectivity index (χ1) is 11.2. The van der Waals surface area contributed by atoms with Gasteiger partial charge in [-0.15, -0.1) is 4.83 Å². The van der Waals surface area contributed by atoms with Crippen LogP contribution in [-0.2, 0) is 10.0 Å². The van der Waals surface area contributed by atoms with Gasteiger partial charge in [0.2, 0.25) is 10.0 Å². The molecule has 2 N–H and O–H groups in total. The average molecular weight is 350 g/mol. The summed E-state index contributed by atoms with van der Waals surface area (Å²) < 4.78 is 37.7. The molecule has 2 aromatic carbocycles. The van der Waals surface area contributed by atoms with Crippen molar-refractivity contribution >= 4 is 15.9 Å². The van der Waals surface area contributed by atoms with Crippen LogP contribution < -0.4 is 10.3 Å². The molecule has 0 fully saturated rings. The van der Waals surface area contributed by atoms with Crippen LogP contribution >= 0.6 is 0 Å². The largest absolute Gasteiger partial charge is 0.274 e. The van der Waals surface area contributed by atoms with Crippen molar-refractivity contribution in [3.63, 3.8) is 0 Å². The van der Waals surface area contributed by atoms with Crippen LogP contribution in [-0.4, -0.2) is 19.6 Å². The summed E-state index contributed by atoms with van der Waals surface area (Å²) in [5, 5.41) is -0.722. The fourth-order valence-electron chi connectivity index (χ4n) is 2.03. The predicted octanol–water partition coefficient (Wildman–Crippen LogP) is 2.77. The number of aryl methyl sites for hydroxylation is 1. The molecule has 0 bridgehead atoms. The smallest absolute Gasteiger partial charge is 0.269 e. The lowest BCUT2D eigenvalue weighted by Gasteiger charge is -2.13. The third kappa shape index (κ3) is 3.98. The number of hydrogen-bond donors (Lipinski definition) is 2. The van der Waals surface area contributed by atoms with Crippen molar-refractivity contribution < 1.29 is 17.6 Å². The Kier molecular flexibility index (Phi) is 5.36. The minimum atomic E-state index is -3.69. The van der Waals surface area contributed by atoms with Crippen molar-refractivity contribution in [1.29, 1.82) is 0 Å². The van der Waals surface area contributed by atoms with Gasteiger partial charge in [-0.1, -0.05) is 30.3 Å². The van der Waals surface area contributed by atoms with Crippen LogP contribution in [0.1, 0.15) is 29.8 Å². The molecule has 128 valence electrons. The minimum absolute atomic E-state index is 0.222. The van der Waals surface area contributed by atoms with Gasteiger partial charge in [0.25, 0.3) is 5.91 Å². The number of hydrazine groups is 1. The second kappa shape index (κ2) is 7.11. The van der Waals surface area contributed by atoms with Crippen LogP contribution in [0.3, 0.4) is 0 Å². The van der Waals surface area contributed by atoms with E-state index in [1.807, 2.05) is 35.2 Å². The molecule has 0 aliphatic rings. The van der Waals surface area contributed by atoms with Crippen LogP contribution in [0, 0.1) is 12.7 Å². The molecule has 0 aromatic heterocycles. The summed E-state index contributed by atoms with van der Waals surface area (Å²) >= 11 is 0. The maximum atomic E-state index is 14.3. The lowest BCUT2D eigenvalue weighted by molar-refractivity contribution is 0.0941. The molecule has 0 saturated carbocycles. The number of hydrogen-bond acceptors (Lipinski definition) is 3. The van der Waals surface area contributed by atoms with E-state index in [2.05, 4.69) is 5.43 Å². The number of carbonyl (C=O) groups excluding carboxylic acids is 1. The molecule has 0 aliphatic carbocycles. The maximum Gasteiger partial charge on any atom is 0.269 e. The van der Waals surface area contributed by atoms with Gasteiger partial charge in [0.1, 0.15) is 5.82 Å². The molecule has 0 spiro atoms. The van der Waals surface area contributed by atoms with E-state index in [1.54, 1.807) is 13.0 Å². The molecule has 0 atom stereocenters. The summed E-state index contributed by atoms with van der Waals surface area (Å²) in [5.41, 5.74) is 3.63. The number of amides is 1. The lowest BCUT2D eigenvalue weighted by atomic mass is 9.99. The van der Waals surface area contributed by atoms with Crippen LogP contribution in [0.2, 0.25) is 0 Å². The summed E-state index contributed by atoms with van der Waals surface area (Å²) in [6, 6.07) is 12.3. The normalized spacial score (nSPS) is 11.5. The van der Waals surface area contributed by atoms with Crippen LogP contribution in [0.4, 0.5) is 4.39 Å². The Bertz CT molecular complexity index is 850. The fraction of sp³-hybridized carbons (Fsp3) is 0.235. The summed E-state index contributed by atoms with van der Waals surface area (Å²) in [7, 11) is -3.69. The highest BCUT2D eigenvalue weighted by molar-refractivity contribution is 7.90. The first kappa shape index (κ1) is 18.1. The molecule has 7 heteroatoms. The fourth-order valence-corrected chi connectivity index (χ4v) is 2.51. The van der Waals surface area contributed by atoms with Crippen molar-refractivity contribution in [2.75, 3.05) is 0 Å². The van der Waals surface area contributed by atoms with Gasteiger partial charge in [0.05, 0.1) is 10.8 Å². The number of rotatable bonds is 5. The van der Waals surface area contributed by atoms with Gasteiger partial charge >= 0.3 is 0 Å². The molecule has 0 radical (unpaired) electrons. The second-order valence-electron chi connectivity index (χ2n) is 5.67. The number of nitrogens with one attached hydrogen (secondary N) is 2. The topological polar surface area (TPSA) is 75.3 Å². The summed E-state index contributed by atoms with van der Waals surface area (Å²) in [6.45, 7) is 4.49. The third-order valence-electron chi connectivity index (χ3n) is 3.53. The first-order valence-electron chi connectivity index (χ1n) is 7.39. The molecule has 0 heterocycles. The molecule has 2 aromatic rings. The van der Waals surface area contributed by atoms with E-state index in [-0.39, 0.29) is 5.56 Å². The van der Waals surface area contributed by atoms with E-state index in [0.29, 0.717) is 11.1 Å². The van der Waals surface area contributed by atoms with Crippen LogP contribution in [0.15, 0.2) is 42.5 Å². The lowest BCUT2D eigenvalue weighted by Crippen LogP contribution is -2.44. The Balaban J connectivity index is 2.33. The van der Waals surface area contributed by atoms with Crippen LogP contribution in [0.25, 0.3) is 11.1 Å². The summed E-state index contributed by atoms with van der Waals surface area (Å²) in [6.07, 6.45) is 0. The van der Waals surface area contributed by atoms with E-state index in [4.69, 9.17) is 0 Å². The molecule has 24 heavy (non-hydrogen) atoms. The SMILES string of the molecule is Cc1cc(-c2ccccc2)cc(C(=O)NNS(=O)(=O)C(C)C)c1F. The Labute approximate surface area is 140 Å². The molecule has 1 amide bonds. The molecular formula is C17H19FN2O3S. The van der Waals surface area contributed by atoms with E-state index < -0.39 is 27.0 Å². The monoisotopic (exact) mass is 350 g/mol. The number of benzene rings is 2. The Morgan fingerprint density at radius 1 is 1.08 bits per heavy atom. The Morgan fingerprint density at radius 2 is 1.71 bits per heavy atom. The molecule has 0 unspecified atom stereocenters. The zero-order valence-electron chi connectivity index (χ0n) is 13.6. The maximum absolute atomic E-state index is 14.3. The van der Waals surface area contributed by atoms with Crippen molar-refractivity contribution in [2.45, 2.75) is 26.0 Å². The zero-order chi connectivity index (χ0) is 17.9. The standard InChI is InChI=1S/C17H19FN2O3S/c1-11(2)24(22,23)20-19-17(21)15-10-14(9-12(3)16(15)18)13-7-5-4-6-8-13/h4-11,20H,1-3H3,(H,19,21). The summed E-state index contributed by atoms with van der Waals surface area (Å²) in [5.74, 6) is -1.53. The van der Waals surface area contributed by atoms with E-state index in [1.165, 1.54) is 19.9 Å². The van der Waals surface area contributed by atoms with Crippen LogP contribution in [0.5, 0.6) is 0 Å². The highest BCUT2D eigenvalue weighted by Gasteiger charge is 2.20. The van der Waals surface area contributed by atoms with Gasteiger partial charge in [-0.25, -0.2) is 12.8 Å². The minimum Gasteiger partial charge on any atom is -0.274 e. The number of halogens is 1. The van der Waals surface area contributed by atoms with Crippen molar-refractivity contribution in [3.8, 4) is 11.1 Å².